The molecule has 0 radical (unpaired) electrons. The Labute approximate surface area is 207 Å². The van der Waals surface area contributed by atoms with Crippen molar-refractivity contribution >= 4 is 34.8 Å². The summed E-state index contributed by atoms with van der Waals surface area (Å²) in [4.78, 5) is 31.1. The minimum absolute atomic E-state index is 0.0183. The SMILES string of the molecule is CCn1nc(C)cc1C(=O)O.Cc1nc(C(=O)N2[C@H](CN)C[C@@H]3C[C@@H]32)c(-c2cccc(Cl)c2)s1. The van der Waals surface area contributed by atoms with Gasteiger partial charge in [0.1, 0.15) is 11.4 Å². The van der Waals surface area contributed by atoms with E-state index < -0.39 is 5.97 Å². The van der Waals surface area contributed by atoms with Crippen LogP contribution in [0, 0.1) is 19.8 Å². The number of amides is 1. The Bertz CT molecular complexity index is 1220. The standard InChI is InChI=1S/C17H18ClN3OS.C7H10N2O2/c1-9-20-15(16(23-9)10-3-2-4-12(18)5-10)17(22)21-13(8-19)6-11-7-14(11)21;1-3-9-6(7(10)11)4-5(2)8-9/h2-5,11,13-14H,6-8,19H2,1H3;4H,3H2,1-2H3,(H,10,11)/t11-,13+,14+;/m1./s1. The van der Waals surface area contributed by atoms with Gasteiger partial charge in [-0.25, -0.2) is 9.78 Å². The van der Waals surface area contributed by atoms with Crippen LogP contribution < -0.4 is 5.73 Å². The molecule has 0 spiro atoms. The fourth-order valence-electron chi connectivity index (χ4n) is 4.56. The fraction of sp³-hybridized carbons (Fsp3) is 0.417. The first kappa shape index (κ1) is 24.4. The monoisotopic (exact) mass is 501 g/mol. The van der Waals surface area contributed by atoms with E-state index in [1.165, 1.54) is 16.0 Å². The maximum absolute atomic E-state index is 13.1. The number of carbonyl (C=O) groups excluding carboxylic acids is 1. The molecule has 3 N–H and O–H groups in total. The molecule has 0 bridgehead atoms. The molecule has 5 rings (SSSR count). The van der Waals surface area contributed by atoms with Crippen molar-refractivity contribution < 1.29 is 14.7 Å². The van der Waals surface area contributed by atoms with Gasteiger partial charge in [0.25, 0.3) is 5.91 Å². The summed E-state index contributed by atoms with van der Waals surface area (Å²) in [5.74, 6) is -0.265. The molecule has 1 amide bonds. The van der Waals surface area contributed by atoms with Crippen molar-refractivity contribution in [1.29, 1.82) is 0 Å². The van der Waals surface area contributed by atoms with E-state index in [4.69, 9.17) is 22.4 Å². The number of rotatable bonds is 5. The fourth-order valence-corrected chi connectivity index (χ4v) is 5.66. The number of aryl methyl sites for hydroxylation is 3. The molecule has 10 heteroatoms. The third-order valence-electron chi connectivity index (χ3n) is 6.16. The molecule has 2 aromatic heterocycles. The number of fused-ring (bicyclic) bond motifs is 1. The van der Waals surface area contributed by atoms with E-state index in [2.05, 4.69) is 10.1 Å². The van der Waals surface area contributed by atoms with E-state index in [9.17, 15) is 9.59 Å². The third-order valence-corrected chi connectivity index (χ3v) is 7.42. The number of aromatic carboxylic acids is 1. The molecule has 0 unspecified atom stereocenters. The number of nitrogens with two attached hydrogens (primary N) is 1. The Morgan fingerprint density at radius 1 is 1.26 bits per heavy atom. The van der Waals surface area contributed by atoms with Crippen LogP contribution in [0.15, 0.2) is 30.3 Å². The van der Waals surface area contributed by atoms with Crippen LogP contribution in [-0.2, 0) is 6.54 Å². The minimum Gasteiger partial charge on any atom is -0.477 e. The first-order valence-corrected chi connectivity index (χ1v) is 12.5. The second kappa shape index (κ2) is 9.85. The van der Waals surface area contributed by atoms with Crippen molar-refractivity contribution in [2.45, 2.75) is 52.2 Å². The highest BCUT2D eigenvalue weighted by molar-refractivity contribution is 7.15. The number of nitrogens with zero attached hydrogens (tertiary/aromatic N) is 4. The number of piperidine rings is 1. The summed E-state index contributed by atoms with van der Waals surface area (Å²) in [5.41, 5.74) is 8.35. The summed E-state index contributed by atoms with van der Waals surface area (Å²) in [6.45, 7) is 6.68. The molecule has 1 saturated heterocycles. The topological polar surface area (TPSA) is 114 Å². The van der Waals surface area contributed by atoms with Gasteiger partial charge in [0.05, 0.1) is 15.6 Å². The Kier molecular flexibility index (Phi) is 7.06. The number of carboxylic acids is 1. The molecule has 3 atom stereocenters. The third kappa shape index (κ3) is 4.87. The Morgan fingerprint density at radius 2 is 2.03 bits per heavy atom. The van der Waals surface area contributed by atoms with Crippen LogP contribution in [0.1, 0.15) is 51.4 Å². The minimum atomic E-state index is -0.924. The second-order valence-electron chi connectivity index (χ2n) is 8.61. The summed E-state index contributed by atoms with van der Waals surface area (Å²) in [7, 11) is 0. The van der Waals surface area contributed by atoms with E-state index in [0.717, 1.165) is 34.0 Å². The van der Waals surface area contributed by atoms with E-state index >= 15 is 0 Å². The highest BCUT2D eigenvalue weighted by Gasteiger charge is 2.54. The number of carboxylic acid groups (broad SMARTS) is 1. The normalized spacial score (nSPS) is 20.5. The Balaban J connectivity index is 0.000000210. The smallest absolute Gasteiger partial charge is 0.354 e. The van der Waals surface area contributed by atoms with Gasteiger partial charge in [0, 0.05) is 30.2 Å². The van der Waals surface area contributed by atoms with Crippen LogP contribution in [0.4, 0.5) is 0 Å². The molecule has 1 aromatic carbocycles. The average molecular weight is 502 g/mol. The van der Waals surface area contributed by atoms with Gasteiger partial charge in [-0.1, -0.05) is 23.7 Å². The Morgan fingerprint density at radius 3 is 2.65 bits per heavy atom. The number of carbonyl (C=O) groups is 2. The van der Waals surface area contributed by atoms with Gasteiger partial charge in [-0.15, -0.1) is 11.3 Å². The molecule has 2 aliphatic rings. The zero-order valence-corrected chi connectivity index (χ0v) is 20.9. The van der Waals surface area contributed by atoms with Crippen LogP contribution in [0.5, 0.6) is 0 Å². The van der Waals surface area contributed by atoms with E-state index in [1.807, 2.05) is 43.0 Å². The summed E-state index contributed by atoms with van der Waals surface area (Å²) >= 11 is 7.65. The molecule has 180 valence electrons. The zero-order valence-electron chi connectivity index (χ0n) is 19.4. The molecular weight excluding hydrogens is 474 g/mol. The van der Waals surface area contributed by atoms with E-state index in [1.54, 1.807) is 13.0 Å². The van der Waals surface area contributed by atoms with Crippen molar-refractivity contribution in [3.63, 3.8) is 0 Å². The number of likely N-dealkylation sites (tertiary alicyclic amines) is 1. The lowest BCUT2D eigenvalue weighted by molar-refractivity contribution is 0.0679. The molecule has 2 fully saturated rings. The molecule has 1 aliphatic carbocycles. The quantitative estimate of drug-likeness (QED) is 0.540. The molecule has 1 saturated carbocycles. The molecule has 3 aromatic rings. The highest BCUT2D eigenvalue weighted by atomic mass is 35.5. The average Bonchev–Trinajstić information content (AvgIpc) is 3.12. The van der Waals surface area contributed by atoms with Gasteiger partial charge in [0.15, 0.2) is 0 Å². The molecular formula is C24H28ClN5O3S. The predicted octanol–water partition coefficient (Wildman–Crippen LogP) is 4.24. The van der Waals surface area contributed by atoms with Crippen LogP contribution >= 0.6 is 22.9 Å². The van der Waals surface area contributed by atoms with Crippen molar-refractivity contribution in [2.75, 3.05) is 6.54 Å². The van der Waals surface area contributed by atoms with Gasteiger partial charge >= 0.3 is 5.97 Å². The van der Waals surface area contributed by atoms with E-state index in [-0.39, 0.29) is 17.6 Å². The lowest BCUT2D eigenvalue weighted by atomic mass is 10.1. The van der Waals surface area contributed by atoms with Gasteiger partial charge in [-0.05, 0) is 63.3 Å². The summed E-state index contributed by atoms with van der Waals surface area (Å²) in [5, 5.41) is 14.2. The molecule has 3 heterocycles. The van der Waals surface area contributed by atoms with Crippen LogP contribution in [0.2, 0.25) is 5.02 Å². The van der Waals surface area contributed by atoms with Crippen molar-refractivity contribution in [3.8, 4) is 10.4 Å². The van der Waals surface area contributed by atoms with E-state index in [0.29, 0.717) is 35.8 Å². The number of thiazole rings is 1. The first-order valence-electron chi connectivity index (χ1n) is 11.3. The highest BCUT2D eigenvalue weighted by Crippen LogP contribution is 2.48. The number of aromatic nitrogens is 3. The Hall–Kier alpha value is -2.75. The maximum Gasteiger partial charge on any atom is 0.354 e. The van der Waals surface area contributed by atoms with Gasteiger partial charge in [0.2, 0.25) is 0 Å². The number of hydrogen-bond donors (Lipinski definition) is 2. The lowest BCUT2D eigenvalue weighted by Gasteiger charge is -2.26. The number of hydrogen-bond acceptors (Lipinski definition) is 6. The van der Waals surface area contributed by atoms with Gasteiger partial charge < -0.3 is 15.7 Å². The van der Waals surface area contributed by atoms with Crippen molar-refractivity contribution in [2.24, 2.45) is 11.7 Å². The van der Waals surface area contributed by atoms with Crippen LogP contribution in [0.3, 0.4) is 0 Å². The molecule has 8 nitrogen and oxygen atoms in total. The largest absolute Gasteiger partial charge is 0.477 e. The van der Waals surface area contributed by atoms with Gasteiger partial charge in [-0.2, -0.15) is 5.10 Å². The maximum atomic E-state index is 13.1. The number of halogens is 1. The van der Waals surface area contributed by atoms with Crippen molar-refractivity contribution in [3.05, 3.63) is 57.4 Å². The zero-order chi connectivity index (χ0) is 24.6. The summed E-state index contributed by atoms with van der Waals surface area (Å²) in [6.07, 6.45) is 2.14. The number of benzene rings is 1. The molecule has 1 aliphatic heterocycles. The molecule has 34 heavy (non-hydrogen) atoms. The van der Waals surface area contributed by atoms with Crippen LogP contribution in [0.25, 0.3) is 10.4 Å². The summed E-state index contributed by atoms with van der Waals surface area (Å²) < 4.78 is 1.47. The first-order chi connectivity index (χ1) is 16.2. The summed E-state index contributed by atoms with van der Waals surface area (Å²) in [6, 6.07) is 9.67. The van der Waals surface area contributed by atoms with Crippen LogP contribution in [-0.4, -0.2) is 55.3 Å². The second-order valence-corrected chi connectivity index (χ2v) is 10.3. The van der Waals surface area contributed by atoms with Crippen molar-refractivity contribution in [1.82, 2.24) is 19.7 Å². The van der Waals surface area contributed by atoms with Gasteiger partial charge in [-0.3, -0.25) is 9.48 Å². The predicted molar refractivity (Wildman–Crippen MR) is 132 cm³/mol. The lowest BCUT2D eigenvalue weighted by Crippen LogP contribution is -2.42.